The Kier molecular flexibility index (Phi) is 5.74. The minimum atomic E-state index is -0.164. The number of tetrazole rings is 1. The minimum absolute atomic E-state index is 0.164. The van der Waals surface area contributed by atoms with Gasteiger partial charge in [-0.2, -0.15) is 4.68 Å². The average Bonchev–Trinajstić information content (AvgIpc) is 3.26. The van der Waals surface area contributed by atoms with E-state index < -0.39 is 0 Å². The van der Waals surface area contributed by atoms with Crippen molar-refractivity contribution >= 4 is 11.8 Å². The minimum Gasteiger partial charge on any atom is -0.368 e. The van der Waals surface area contributed by atoms with Crippen LogP contribution in [-0.4, -0.2) is 48.2 Å². The van der Waals surface area contributed by atoms with Gasteiger partial charge in [0.1, 0.15) is 11.6 Å². The number of nitrogens with one attached hydrogen (secondary N) is 3. The number of anilines is 2. The van der Waals surface area contributed by atoms with Gasteiger partial charge in [0.25, 0.3) is 5.56 Å². The fourth-order valence-corrected chi connectivity index (χ4v) is 2.87. The van der Waals surface area contributed by atoms with Crippen LogP contribution in [-0.2, 0) is 6.42 Å². The molecule has 0 aliphatic carbocycles. The van der Waals surface area contributed by atoms with Gasteiger partial charge in [-0.05, 0) is 41.1 Å². The number of H-pyrrole nitrogens is 1. The number of aromatic nitrogens is 7. The van der Waals surface area contributed by atoms with E-state index in [0.29, 0.717) is 31.3 Å². The maximum atomic E-state index is 11.7. The summed E-state index contributed by atoms with van der Waals surface area (Å²) in [5.41, 5.74) is 2.23. The van der Waals surface area contributed by atoms with Crippen LogP contribution in [0, 0.1) is 0 Å². The molecule has 152 valence electrons. The molecule has 10 heteroatoms. The van der Waals surface area contributed by atoms with Crippen LogP contribution in [0.1, 0.15) is 12.6 Å². The van der Waals surface area contributed by atoms with Crippen molar-refractivity contribution in [3.05, 3.63) is 70.8 Å². The summed E-state index contributed by atoms with van der Waals surface area (Å²) in [4.78, 5) is 23.3. The van der Waals surface area contributed by atoms with Gasteiger partial charge in [-0.3, -0.25) is 4.79 Å². The standard InChI is InChI=1S/C20H21N9O/c1-2-15-12-18(30)25-19(24-15)14-8-9-17(23-13-14)21-10-11-22-20-26-27-28-29(20)16-6-4-3-5-7-16/h3-9,12-13H,2,10-11H2,1H3,(H,21,23)(H,22,26,28)(H,24,25,30). The zero-order valence-electron chi connectivity index (χ0n) is 16.4. The molecule has 0 atom stereocenters. The van der Waals surface area contributed by atoms with E-state index in [2.05, 4.69) is 41.1 Å². The van der Waals surface area contributed by atoms with E-state index in [1.54, 1.807) is 10.9 Å². The van der Waals surface area contributed by atoms with Crippen LogP contribution in [0.5, 0.6) is 0 Å². The third-order valence-electron chi connectivity index (χ3n) is 4.38. The third kappa shape index (κ3) is 4.49. The summed E-state index contributed by atoms with van der Waals surface area (Å²) in [6.07, 6.45) is 2.38. The van der Waals surface area contributed by atoms with Crippen LogP contribution in [0.2, 0.25) is 0 Å². The predicted octanol–water partition coefficient (Wildman–Crippen LogP) is 1.89. The molecule has 30 heavy (non-hydrogen) atoms. The largest absolute Gasteiger partial charge is 0.368 e. The molecule has 1 aromatic carbocycles. The van der Waals surface area contributed by atoms with Crippen molar-refractivity contribution in [2.24, 2.45) is 0 Å². The van der Waals surface area contributed by atoms with Crippen molar-refractivity contribution in [3.8, 4) is 17.1 Å². The molecule has 0 aliphatic rings. The lowest BCUT2D eigenvalue weighted by atomic mass is 10.2. The van der Waals surface area contributed by atoms with Crippen LogP contribution in [0.3, 0.4) is 0 Å². The number of hydrogen-bond donors (Lipinski definition) is 3. The fourth-order valence-electron chi connectivity index (χ4n) is 2.87. The van der Waals surface area contributed by atoms with Crippen molar-refractivity contribution < 1.29 is 0 Å². The number of hydrogen-bond acceptors (Lipinski definition) is 8. The predicted molar refractivity (Wildman–Crippen MR) is 114 cm³/mol. The SMILES string of the molecule is CCc1cc(=O)[nH]c(-c2ccc(NCCNc3nnnn3-c3ccccc3)nc2)n1. The second-order valence-corrected chi connectivity index (χ2v) is 6.47. The first-order valence-electron chi connectivity index (χ1n) is 9.61. The summed E-state index contributed by atoms with van der Waals surface area (Å²) < 4.78 is 1.64. The molecule has 0 saturated heterocycles. The highest BCUT2D eigenvalue weighted by Gasteiger charge is 2.07. The maximum absolute atomic E-state index is 11.7. The van der Waals surface area contributed by atoms with E-state index in [-0.39, 0.29) is 5.56 Å². The monoisotopic (exact) mass is 403 g/mol. The third-order valence-corrected chi connectivity index (χ3v) is 4.38. The molecule has 0 amide bonds. The van der Waals surface area contributed by atoms with E-state index in [0.717, 1.165) is 22.8 Å². The molecule has 0 saturated carbocycles. The van der Waals surface area contributed by atoms with Crippen molar-refractivity contribution in [1.82, 2.24) is 35.2 Å². The van der Waals surface area contributed by atoms with E-state index in [1.807, 2.05) is 49.4 Å². The van der Waals surface area contributed by atoms with Gasteiger partial charge in [-0.1, -0.05) is 30.2 Å². The summed E-state index contributed by atoms with van der Waals surface area (Å²) in [6.45, 7) is 3.18. The zero-order chi connectivity index (χ0) is 20.8. The molecule has 0 fully saturated rings. The molecule has 3 heterocycles. The molecule has 4 aromatic rings. The number of benzene rings is 1. The number of nitrogens with zero attached hydrogens (tertiary/aromatic N) is 6. The highest BCUT2D eigenvalue weighted by Crippen LogP contribution is 2.15. The van der Waals surface area contributed by atoms with Crippen molar-refractivity contribution in [1.29, 1.82) is 0 Å². The van der Waals surface area contributed by atoms with E-state index >= 15 is 0 Å². The second-order valence-electron chi connectivity index (χ2n) is 6.47. The average molecular weight is 403 g/mol. The van der Waals surface area contributed by atoms with Crippen LogP contribution in [0.15, 0.2) is 59.5 Å². The molecule has 10 nitrogen and oxygen atoms in total. The summed E-state index contributed by atoms with van der Waals surface area (Å²) in [7, 11) is 0. The summed E-state index contributed by atoms with van der Waals surface area (Å²) >= 11 is 0. The summed E-state index contributed by atoms with van der Waals surface area (Å²) in [6, 6.07) is 14.9. The number of pyridine rings is 1. The fraction of sp³-hybridized carbons (Fsp3) is 0.200. The van der Waals surface area contributed by atoms with Crippen molar-refractivity contribution in [2.75, 3.05) is 23.7 Å². The van der Waals surface area contributed by atoms with Crippen LogP contribution >= 0.6 is 0 Å². The zero-order valence-corrected chi connectivity index (χ0v) is 16.4. The van der Waals surface area contributed by atoms with Gasteiger partial charge in [0.15, 0.2) is 0 Å². The highest BCUT2D eigenvalue weighted by molar-refractivity contribution is 5.55. The molecule has 3 aromatic heterocycles. The lowest BCUT2D eigenvalue weighted by Crippen LogP contribution is -2.17. The van der Waals surface area contributed by atoms with Crippen LogP contribution in [0.4, 0.5) is 11.8 Å². The quantitative estimate of drug-likeness (QED) is 0.381. The number of aromatic amines is 1. The van der Waals surface area contributed by atoms with E-state index in [1.165, 1.54) is 6.07 Å². The van der Waals surface area contributed by atoms with E-state index in [9.17, 15) is 4.79 Å². The van der Waals surface area contributed by atoms with Gasteiger partial charge in [0.2, 0.25) is 5.95 Å². The lowest BCUT2D eigenvalue weighted by Gasteiger charge is -2.09. The Bertz CT molecular complexity index is 1150. The summed E-state index contributed by atoms with van der Waals surface area (Å²) in [5, 5.41) is 18.2. The Morgan fingerprint density at radius 3 is 2.67 bits per heavy atom. The molecule has 0 aliphatic heterocycles. The van der Waals surface area contributed by atoms with Gasteiger partial charge in [0, 0.05) is 36.6 Å². The molecule has 0 bridgehead atoms. The first kappa shape index (κ1) is 19.2. The Morgan fingerprint density at radius 1 is 1.07 bits per heavy atom. The smallest absolute Gasteiger partial charge is 0.251 e. The van der Waals surface area contributed by atoms with Gasteiger partial charge < -0.3 is 15.6 Å². The number of aryl methyl sites for hydroxylation is 1. The molecule has 4 rings (SSSR count). The van der Waals surface area contributed by atoms with Gasteiger partial charge in [-0.15, -0.1) is 0 Å². The Labute approximate surface area is 172 Å². The Hall–Kier alpha value is -4.08. The van der Waals surface area contributed by atoms with Crippen LogP contribution < -0.4 is 16.2 Å². The molecular weight excluding hydrogens is 382 g/mol. The van der Waals surface area contributed by atoms with Crippen molar-refractivity contribution in [3.63, 3.8) is 0 Å². The normalized spacial score (nSPS) is 10.7. The highest BCUT2D eigenvalue weighted by atomic mass is 16.1. The first-order chi connectivity index (χ1) is 14.7. The van der Waals surface area contributed by atoms with Crippen LogP contribution in [0.25, 0.3) is 17.1 Å². The summed E-state index contributed by atoms with van der Waals surface area (Å²) in [5.74, 6) is 1.81. The first-order valence-corrected chi connectivity index (χ1v) is 9.61. The van der Waals surface area contributed by atoms with Gasteiger partial charge in [0.05, 0.1) is 5.69 Å². The number of para-hydroxylation sites is 1. The Balaban J connectivity index is 1.33. The molecular formula is C20H21N9O. The number of rotatable bonds is 8. The molecule has 0 spiro atoms. The Morgan fingerprint density at radius 2 is 1.90 bits per heavy atom. The lowest BCUT2D eigenvalue weighted by molar-refractivity contribution is 0.789. The molecule has 0 radical (unpaired) electrons. The van der Waals surface area contributed by atoms with Gasteiger partial charge >= 0.3 is 0 Å². The topological polar surface area (TPSA) is 126 Å². The molecule has 0 unspecified atom stereocenters. The van der Waals surface area contributed by atoms with Gasteiger partial charge in [-0.25, -0.2) is 9.97 Å². The maximum Gasteiger partial charge on any atom is 0.251 e. The molecule has 3 N–H and O–H groups in total. The van der Waals surface area contributed by atoms with E-state index in [4.69, 9.17) is 0 Å². The van der Waals surface area contributed by atoms with Crippen molar-refractivity contribution in [2.45, 2.75) is 13.3 Å². The second kappa shape index (κ2) is 8.95.